The smallest absolute Gasteiger partial charge is 0.164 e. The summed E-state index contributed by atoms with van der Waals surface area (Å²) < 4.78 is 2.33. The van der Waals surface area contributed by atoms with Gasteiger partial charge in [0, 0.05) is 38.5 Å². The SMILES string of the molecule is c1ccc(-c2nc(-c3cccc4cccc(-c5ccc6ccccc6c5)c34)nc(-c3cccc4c3c3ccccc3n4-c3ccccc3)n2)cc1. The largest absolute Gasteiger partial charge is 0.309 e. The van der Waals surface area contributed by atoms with Crippen molar-refractivity contribution in [2.75, 3.05) is 0 Å². The molecule has 0 saturated carbocycles. The fraction of sp³-hybridized carbons (Fsp3) is 0. The van der Waals surface area contributed by atoms with E-state index in [9.17, 15) is 0 Å². The van der Waals surface area contributed by atoms with Crippen LogP contribution in [0.15, 0.2) is 182 Å². The van der Waals surface area contributed by atoms with Crippen molar-refractivity contribution in [2.45, 2.75) is 0 Å². The minimum Gasteiger partial charge on any atom is -0.309 e. The van der Waals surface area contributed by atoms with E-state index in [2.05, 4.69) is 168 Å². The maximum absolute atomic E-state index is 5.34. The Morgan fingerprint density at radius 3 is 1.69 bits per heavy atom. The summed E-state index contributed by atoms with van der Waals surface area (Å²) in [6.07, 6.45) is 0. The number of hydrogen-bond donors (Lipinski definition) is 0. The van der Waals surface area contributed by atoms with Crippen molar-refractivity contribution < 1.29 is 0 Å². The molecule has 8 aromatic carbocycles. The van der Waals surface area contributed by atoms with Gasteiger partial charge in [-0.1, -0.05) is 152 Å². The van der Waals surface area contributed by atoms with Gasteiger partial charge in [0.05, 0.1) is 11.0 Å². The predicted octanol–water partition coefficient (Wildman–Crippen LogP) is 11.9. The van der Waals surface area contributed by atoms with Gasteiger partial charge in [0.1, 0.15) is 0 Å². The summed E-state index contributed by atoms with van der Waals surface area (Å²) in [4.78, 5) is 15.7. The molecule has 0 aliphatic heterocycles. The maximum Gasteiger partial charge on any atom is 0.164 e. The third-order valence-corrected chi connectivity index (χ3v) is 9.83. The number of aromatic nitrogens is 4. The third-order valence-electron chi connectivity index (χ3n) is 9.83. The number of rotatable bonds is 5. The van der Waals surface area contributed by atoms with Crippen molar-refractivity contribution in [1.29, 1.82) is 0 Å². The van der Waals surface area contributed by atoms with Crippen LogP contribution in [-0.2, 0) is 0 Å². The van der Waals surface area contributed by atoms with E-state index in [4.69, 9.17) is 15.0 Å². The van der Waals surface area contributed by atoms with Gasteiger partial charge in [-0.25, -0.2) is 15.0 Å². The second kappa shape index (κ2) is 11.9. The average molecular weight is 651 g/mol. The van der Waals surface area contributed by atoms with Crippen molar-refractivity contribution in [3.05, 3.63) is 182 Å². The molecule has 0 N–H and O–H groups in total. The number of para-hydroxylation sites is 2. The molecule has 2 aromatic heterocycles. The summed E-state index contributed by atoms with van der Waals surface area (Å²) in [6.45, 7) is 0. The summed E-state index contributed by atoms with van der Waals surface area (Å²) in [7, 11) is 0. The lowest BCUT2D eigenvalue weighted by Crippen LogP contribution is -2.01. The van der Waals surface area contributed by atoms with Crippen LogP contribution in [0.1, 0.15) is 0 Å². The van der Waals surface area contributed by atoms with Crippen molar-refractivity contribution in [2.24, 2.45) is 0 Å². The molecule has 0 bridgehead atoms. The van der Waals surface area contributed by atoms with Crippen LogP contribution in [0.5, 0.6) is 0 Å². The molecule has 0 saturated heterocycles. The monoisotopic (exact) mass is 650 g/mol. The zero-order valence-electron chi connectivity index (χ0n) is 27.6. The van der Waals surface area contributed by atoms with Crippen LogP contribution in [0.25, 0.3) is 94.3 Å². The van der Waals surface area contributed by atoms with Gasteiger partial charge in [-0.15, -0.1) is 0 Å². The molecule has 0 unspecified atom stereocenters. The van der Waals surface area contributed by atoms with Crippen LogP contribution < -0.4 is 0 Å². The number of benzene rings is 8. The van der Waals surface area contributed by atoms with Gasteiger partial charge in [0.25, 0.3) is 0 Å². The normalized spacial score (nSPS) is 11.5. The van der Waals surface area contributed by atoms with E-state index in [1.165, 1.54) is 10.8 Å². The molecule has 0 spiro atoms. The highest BCUT2D eigenvalue weighted by Gasteiger charge is 2.21. The minimum absolute atomic E-state index is 0.639. The first-order valence-corrected chi connectivity index (χ1v) is 17.2. The Kier molecular flexibility index (Phi) is 6.78. The molecule has 10 rings (SSSR count). The Bertz CT molecular complexity index is 2900. The van der Waals surface area contributed by atoms with Gasteiger partial charge >= 0.3 is 0 Å². The first-order valence-electron chi connectivity index (χ1n) is 17.2. The molecule has 2 heterocycles. The Labute approximate surface area is 295 Å². The molecule has 0 aliphatic carbocycles. The predicted molar refractivity (Wildman–Crippen MR) is 211 cm³/mol. The van der Waals surface area contributed by atoms with Crippen LogP contribution in [0.3, 0.4) is 0 Å². The van der Waals surface area contributed by atoms with Gasteiger partial charge in [-0.3, -0.25) is 0 Å². The van der Waals surface area contributed by atoms with E-state index in [-0.39, 0.29) is 0 Å². The van der Waals surface area contributed by atoms with Crippen LogP contribution in [0, 0.1) is 0 Å². The summed E-state index contributed by atoms with van der Waals surface area (Å²) >= 11 is 0. The second-order valence-electron chi connectivity index (χ2n) is 12.8. The lowest BCUT2D eigenvalue weighted by Gasteiger charge is -2.14. The van der Waals surface area contributed by atoms with Crippen LogP contribution >= 0.6 is 0 Å². The first kappa shape index (κ1) is 29.0. The van der Waals surface area contributed by atoms with E-state index in [0.717, 1.165) is 66.1 Å². The fourth-order valence-electron chi connectivity index (χ4n) is 7.52. The summed E-state index contributed by atoms with van der Waals surface area (Å²) in [5, 5.41) is 6.95. The van der Waals surface area contributed by atoms with Gasteiger partial charge in [0.15, 0.2) is 17.5 Å². The second-order valence-corrected chi connectivity index (χ2v) is 12.8. The molecule has 0 fully saturated rings. The highest BCUT2D eigenvalue weighted by molar-refractivity contribution is 6.15. The Morgan fingerprint density at radius 2 is 0.902 bits per heavy atom. The summed E-state index contributed by atoms with van der Waals surface area (Å²) in [5.74, 6) is 1.92. The van der Waals surface area contributed by atoms with E-state index in [0.29, 0.717) is 17.5 Å². The standard InChI is InChI=1S/C47H30N4/c1-3-15-33(16-4-1)45-48-46(39-24-12-19-32-18-11-23-37(43(32)39)35-29-28-31-14-7-8-17-34(31)30-35)50-47(49-45)40-25-13-27-42-44(40)38-22-9-10-26-41(38)51(42)36-20-5-2-6-21-36/h1-30H. The highest BCUT2D eigenvalue weighted by atomic mass is 15.0. The minimum atomic E-state index is 0.639. The lowest BCUT2D eigenvalue weighted by molar-refractivity contribution is 1.08. The Morgan fingerprint density at radius 1 is 0.333 bits per heavy atom. The van der Waals surface area contributed by atoms with Crippen LogP contribution in [-0.4, -0.2) is 19.5 Å². The van der Waals surface area contributed by atoms with Crippen molar-refractivity contribution in [3.63, 3.8) is 0 Å². The number of hydrogen-bond acceptors (Lipinski definition) is 3. The number of fused-ring (bicyclic) bond motifs is 5. The van der Waals surface area contributed by atoms with E-state index in [1.54, 1.807) is 0 Å². The molecule has 51 heavy (non-hydrogen) atoms. The van der Waals surface area contributed by atoms with Gasteiger partial charge < -0.3 is 4.57 Å². The molecule has 0 atom stereocenters. The highest BCUT2D eigenvalue weighted by Crippen LogP contribution is 2.40. The quantitative estimate of drug-likeness (QED) is 0.186. The summed E-state index contributed by atoms with van der Waals surface area (Å²) in [6, 6.07) is 63.9. The van der Waals surface area contributed by atoms with Crippen molar-refractivity contribution in [1.82, 2.24) is 19.5 Å². The van der Waals surface area contributed by atoms with Crippen molar-refractivity contribution in [3.8, 4) is 51.0 Å². The Hall–Kier alpha value is -6.91. The maximum atomic E-state index is 5.34. The van der Waals surface area contributed by atoms with Gasteiger partial charge in [-0.05, 0) is 57.6 Å². The molecule has 0 amide bonds. The molecule has 10 aromatic rings. The lowest BCUT2D eigenvalue weighted by atomic mass is 9.93. The van der Waals surface area contributed by atoms with Crippen LogP contribution in [0.2, 0.25) is 0 Å². The first-order chi connectivity index (χ1) is 25.3. The average Bonchev–Trinajstić information content (AvgIpc) is 3.55. The van der Waals surface area contributed by atoms with Crippen molar-refractivity contribution >= 4 is 43.4 Å². The topological polar surface area (TPSA) is 43.6 Å². The third kappa shape index (κ3) is 4.88. The molecular weight excluding hydrogens is 621 g/mol. The zero-order chi connectivity index (χ0) is 33.7. The molecular formula is C47H30N4. The molecule has 0 radical (unpaired) electrons. The fourth-order valence-corrected chi connectivity index (χ4v) is 7.52. The molecule has 4 heteroatoms. The van der Waals surface area contributed by atoms with Crippen LogP contribution in [0.4, 0.5) is 0 Å². The van der Waals surface area contributed by atoms with Gasteiger partial charge in [0.2, 0.25) is 0 Å². The van der Waals surface area contributed by atoms with Gasteiger partial charge in [-0.2, -0.15) is 0 Å². The van der Waals surface area contributed by atoms with E-state index in [1.807, 2.05) is 18.2 Å². The van der Waals surface area contributed by atoms with E-state index >= 15 is 0 Å². The number of nitrogens with zero attached hydrogens (tertiary/aromatic N) is 4. The molecule has 4 nitrogen and oxygen atoms in total. The Balaban J connectivity index is 1.25. The zero-order valence-corrected chi connectivity index (χ0v) is 27.6. The summed E-state index contributed by atoms with van der Waals surface area (Å²) in [5.41, 5.74) is 8.53. The molecule has 0 aliphatic rings. The molecule has 238 valence electrons. The van der Waals surface area contributed by atoms with E-state index < -0.39 is 0 Å².